The minimum atomic E-state index is 0.340. The second kappa shape index (κ2) is 24.2. The molecular formula is C21H48N2. The highest BCUT2D eigenvalue weighted by Crippen LogP contribution is 2.13. The Labute approximate surface area is 148 Å². The minimum absolute atomic E-state index is 0.340. The van der Waals surface area contributed by atoms with Crippen molar-refractivity contribution in [1.82, 2.24) is 0 Å². The molecule has 0 fully saturated rings. The first-order valence-corrected chi connectivity index (χ1v) is 10.7. The van der Waals surface area contributed by atoms with E-state index in [-0.39, 0.29) is 0 Å². The quantitative estimate of drug-likeness (QED) is 0.315. The molecule has 0 aliphatic carbocycles. The molecule has 0 saturated heterocycles. The Hall–Kier alpha value is -0.0800. The van der Waals surface area contributed by atoms with E-state index in [2.05, 4.69) is 20.8 Å². The maximum absolute atomic E-state index is 5.94. The van der Waals surface area contributed by atoms with Gasteiger partial charge in [-0.3, -0.25) is 0 Å². The highest BCUT2D eigenvalue weighted by Gasteiger charge is 2.00. The van der Waals surface area contributed by atoms with Gasteiger partial charge in [0.05, 0.1) is 0 Å². The second-order valence-corrected chi connectivity index (χ2v) is 7.08. The van der Waals surface area contributed by atoms with Crippen molar-refractivity contribution in [1.29, 1.82) is 0 Å². The normalized spacial score (nSPS) is 11.9. The van der Waals surface area contributed by atoms with Crippen LogP contribution in [-0.4, -0.2) is 12.6 Å². The lowest BCUT2D eigenvalue weighted by molar-refractivity contribution is 0.506. The SMILES string of the molecule is CCC.CCCCCCCCCCCCCCCC(N)CCN. The summed E-state index contributed by atoms with van der Waals surface area (Å²) in [5, 5.41) is 0. The highest BCUT2D eigenvalue weighted by atomic mass is 14.6. The van der Waals surface area contributed by atoms with E-state index in [1.54, 1.807) is 0 Å². The van der Waals surface area contributed by atoms with Crippen LogP contribution in [-0.2, 0) is 0 Å². The summed E-state index contributed by atoms with van der Waals surface area (Å²) in [6, 6.07) is 0.340. The highest BCUT2D eigenvalue weighted by molar-refractivity contribution is 4.61. The molecule has 0 aromatic heterocycles. The van der Waals surface area contributed by atoms with Crippen LogP contribution >= 0.6 is 0 Å². The fourth-order valence-corrected chi connectivity index (χ4v) is 2.78. The van der Waals surface area contributed by atoms with Crippen molar-refractivity contribution in [2.24, 2.45) is 11.5 Å². The van der Waals surface area contributed by atoms with Crippen LogP contribution in [0.1, 0.15) is 124 Å². The predicted molar refractivity (Wildman–Crippen MR) is 108 cm³/mol. The van der Waals surface area contributed by atoms with E-state index in [9.17, 15) is 0 Å². The first-order valence-electron chi connectivity index (χ1n) is 10.7. The summed E-state index contributed by atoms with van der Waals surface area (Å²) in [6.07, 6.45) is 21.8. The molecule has 1 atom stereocenters. The topological polar surface area (TPSA) is 52.0 Å². The van der Waals surface area contributed by atoms with Crippen molar-refractivity contribution in [3.63, 3.8) is 0 Å². The molecule has 0 radical (unpaired) electrons. The van der Waals surface area contributed by atoms with Crippen LogP contribution in [0.3, 0.4) is 0 Å². The molecule has 2 nitrogen and oxygen atoms in total. The van der Waals surface area contributed by atoms with E-state index in [4.69, 9.17) is 11.5 Å². The van der Waals surface area contributed by atoms with E-state index in [0.29, 0.717) is 6.04 Å². The number of nitrogens with two attached hydrogens (primary N) is 2. The molecule has 1 unspecified atom stereocenters. The smallest absolute Gasteiger partial charge is 0.00508 e. The molecule has 0 spiro atoms. The average molecular weight is 329 g/mol. The molecule has 4 N–H and O–H groups in total. The fourth-order valence-electron chi connectivity index (χ4n) is 2.78. The third-order valence-corrected chi connectivity index (χ3v) is 4.22. The molecule has 0 heterocycles. The molecule has 2 heteroatoms. The summed E-state index contributed by atoms with van der Waals surface area (Å²) >= 11 is 0. The summed E-state index contributed by atoms with van der Waals surface area (Å²) in [7, 11) is 0. The van der Waals surface area contributed by atoms with E-state index in [1.807, 2.05) is 0 Å². The largest absolute Gasteiger partial charge is 0.330 e. The third kappa shape index (κ3) is 27.1. The Kier molecular flexibility index (Phi) is 26.5. The van der Waals surface area contributed by atoms with Crippen molar-refractivity contribution in [3.05, 3.63) is 0 Å². The Morgan fingerprint density at radius 3 is 1.26 bits per heavy atom. The van der Waals surface area contributed by atoms with Gasteiger partial charge in [-0.25, -0.2) is 0 Å². The molecular weight excluding hydrogens is 280 g/mol. The Bertz CT molecular complexity index is 183. The molecule has 0 aromatic carbocycles. The van der Waals surface area contributed by atoms with Crippen molar-refractivity contribution >= 4 is 0 Å². The van der Waals surface area contributed by atoms with Gasteiger partial charge in [0.1, 0.15) is 0 Å². The van der Waals surface area contributed by atoms with Gasteiger partial charge >= 0.3 is 0 Å². The van der Waals surface area contributed by atoms with E-state index >= 15 is 0 Å². The van der Waals surface area contributed by atoms with Gasteiger partial charge in [0, 0.05) is 6.04 Å². The lowest BCUT2D eigenvalue weighted by atomic mass is 10.0. The zero-order valence-corrected chi connectivity index (χ0v) is 16.8. The van der Waals surface area contributed by atoms with Gasteiger partial charge in [0.25, 0.3) is 0 Å². The molecule has 142 valence electrons. The Morgan fingerprint density at radius 2 is 0.913 bits per heavy atom. The van der Waals surface area contributed by atoms with Gasteiger partial charge in [-0.05, 0) is 19.4 Å². The van der Waals surface area contributed by atoms with E-state index in [0.717, 1.165) is 19.4 Å². The minimum Gasteiger partial charge on any atom is -0.330 e. The molecule has 0 aliphatic rings. The van der Waals surface area contributed by atoms with Gasteiger partial charge in [-0.1, -0.05) is 111 Å². The average Bonchev–Trinajstić information content (AvgIpc) is 2.53. The van der Waals surface area contributed by atoms with Crippen LogP contribution in [0.15, 0.2) is 0 Å². The van der Waals surface area contributed by atoms with Gasteiger partial charge in [-0.15, -0.1) is 0 Å². The second-order valence-electron chi connectivity index (χ2n) is 7.08. The molecule has 0 amide bonds. The van der Waals surface area contributed by atoms with Crippen LogP contribution in [0.5, 0.6) is 0 Å². The summed E-state index contributed by atoms with van der Waals surface area (Å²) < 4.78 is 0. The van der Waals surface area contributed by atoms with E-state index in [1.165, 1.54) is 89.9 Å². The molecule has 0 bridgehead atoms. The van der Waals surface area contributed by atoms with Gasteiger partial charge in [0.15, 0.2) is 0 Å². The maximum atomic E-state index is 5.94. The first-order chi connectivity index (χ1) is 11.2. The predicted octanol–water partition coefficient (Wildman–Crippen LogP) is 6.56. The lowest BCUT2D eigenvalue weighted by Gasteiger charge is -2.09. The lowest BCUT2D eigenvalue weighted by Crippen LogP contribution is -2.23. The van der Waals surface area contributed by atoms with Crippen molar-refractivity contribution in [2.45, 2.75) is 130 Å². The molecule has 0 saturated carbocycles. The fraction of sp³-hybridized carbons (Fsp3) is 1.00. The summed E-state index contributed by atoms with van der Waals surface area (Å²) in [5.74, 6) is 0. The first kappa shape index (κ1) is 25.2. The van der Waals surface area contributed by atoms with Crippen LogP contribution in [0.4, 0.5) is 0 Å². The molecule has 23 heavy (non-hydrogen) atoms. The van der Waals surface area contributed by atoms with Crippen LogP contribution in [0.25, 0.3) is 0 Å². The molecule has 0 aromatic rings. The zero-order chi connectivity index (χ0) is 17.6. The molecule has 0 rings (SSSR count). The maximum Gasteiger partial charge on any atom is 0.00508 e. The van der Waals surface area contributed by atoms with Gasteiger partial charge in [0.2, 0.25) is 0 Å². The monoisotopic (exact) mass is 328 g/mol. The van der Waals surface area contributed by atoms with Crippen molar-refractivity contribution in [2.75, 3.05) is 6.54 Å². The van der Waals surface area contributed by atoms with Crippen molar-refractivity contribution < 1.29 is 0 Å². The number of hydrogen-bond donors (Lipinski definition) is 2. The van der Waals surface area contributed by atoms with E-state index < -0.39 is 0 Å². The molecule has 0 aliphatic heterocycles. The van der Waals surface area contributed by atoms with Gasteiger partial charge in [-0.2, -0.15) is 0 Å². The van der Waals surface area contributed by atoms with Crippen molar-refractivity contribution in [3.8, 4) is 0 Å². The summed E-state index contributed by atoms with van der Waals surface area (Å²) in [4.78, 5) is 0. The Balaban J connectivity index is 0. The third-order valence-electron chi connectivity index (χ3n) is 4.22. The Morgan fingerprint density at radius 1 is 0.565 bits per heavy atom. The standard InChI is InChI=1S/C18H40N2.C3H8/c1-2-3-4-5-6-7-8-9-10-11-12-13-14-15-18(20)16-17-19;1-3-2/h18H,2-17,19-20H2,1H3;3H2,1-2H3. The van der Waals surface area contributed by atoms with Crippen LogP contribution in [0.2, 0.25) is 0 Å². The summed E-state index contributed by atoms with van der Waals surface area (Å²) in [5.41, 5.74) is 11.4. The van der Waals surface area contributed by atoms with Gasteiger partial charge < -0.3 is 11.5 Å². The number of rotatable bonds is 16. The zero-order valence-electron chi connectivity index (χ0n) is 16.8. The van der Waals surface area contributed by atoms with Crippen LogP contribution < -0.4 is 11.5 Å². The number of hydrogen-bond acceptors (Lipinski definition) is 2. The van der Waals surface area contributed by atoms with Crippen LogP contribution in [0, 0.1) is 0 Å². The summed E-state index contributed by atoms with van der Waals surface area (Å²) in [6.45, 7) is 7.27. The number of unbranched alkanes of at least 4 members (excludes halogenated alkanes) is 12.